The van der Waals surface area contributed by atoms with Crippen LogP contribution in [0.1, 0.15) is 58.9 Å². The first kappa shape index (κ1) is 25.0. The summed E-state index contributed by atoms with van der Waals surface area (Å²) in [6.07, 6.45) is 3.72. The number of hydrogen-bond donors (Lipinski definition) is 2. The van der Waals surface area contributed by atoms with Gasteiger partial charge in [0.05, 0.1) is 12.7 Å². The van der Waals surface area contributed by atoms with Crippen LogP contribution in [0, 0.1) is 0 Å². The molecule has 1 aromatic heterocycles. The lowest BCUT2D eigenvalue weighted by molar-refractivity contribution is 0.0696. The molecule has 4 rings (SSSR count). The van der Waals surface area contributed by atoms with Crippen LogP contribution in [0.4, 0.5) is 0 Å². The minimum absolute atomic E-state index is 0.0665. The maximum absolute atomic E-state index is 12.5. The van der Waals surface area contributed by atoms with Gasteiger partial charge in [0.1, 0.15) is 5.75 Å². The average molecular weight is 485 g/mol. The Balaban J connectivity index is 1.44. The SMILES string of the molecule is COc1cccc(-c2cn(CCCCNC(=O)c3ccc(C(C)C)cc3)c3cc(C(=O)O)ccc23)c1. The number of nitrogens with zero attached hydrogens (tertiary/aromatic N) is 1. The lowest BCUT2D eigenvalue weighted by atomic mass is 10.0. The van der Waals surface area contributed by atoms with Crippen LogP contribution in [-0.4, -0.2) is 35.2 Å². The molecule has 6 nitrogen and oxygen atoms in total. The van der Waals surface area contributed by atoms with E-state index < -0.39 is 5.97 Å². The zero-order valence-corrected chi connectivity index (χ0v) is 21.0. The number of carbonyl (C=O) groups is 2. The summed E-state index contributed by atoms with van der Waals surface area (Å²) < 4.78 is 7.49. The predicted octanol–water partition coefficient (Wildman–Crippen LogP) is 6.35. The molecule has 0 atom stereocenters. The fourth-order valence-electron chi connectivity index (χ4n) is 4.36. The van der Waals surface area contributed by atoms with Crippen LogP contribution >= 0.6 is 0 Å². The Hall–Kier alpha value is -4.06. The first-order chi connectivity index (χ1) is 17.4. The Morgan fingerprint density at radius 2 is 1.72 bits per heavy atom. The molecular formula is C30H32N2O4. The molecule has 1 heterocycles. The number of unbranched alkanes of at least 4 members (excludes halogenated alkanes) is 1. The fourth-order valence-corrected chi connectivity index (χ4v) is 4.36. The number of benzene rings is 3. The molecule has 0 saturated heterocycles. The van der Waals surface area contributed by atoms with Crippen molar-refractivity contribution in [2.75, 3.05) is 13.7 Å². The lowest BCUT2D eigenvalue weighted by Gasteiger charge is -2.09. The Morgan fingerprint density at radius 1 is 0.972 bits per heavy atom. The van der Waals surface area contributed by atoms with Crippen molar-refractivity contribution < 1.29 is 19.4 Å². The van der Waals surface area contributed by atoms with E-state index in [1.54, 1.807) is 19.2 Å². The van der Waals surface area contributed by atoms with Crippen LogP contribution in [0.3, 0.4) is 0 Å². The molecule has 36 heavy (non-hydrogen) atoms. The van der Waals surface area contributed by atoms with Crippen LogP contribution in [0.5, 0.6) is 5.75 Å². The molecule has 0 aliphatic rings. The minimum Gasteiger partial charge on any atom is -0.497 e. The number of rotatable bonds is 10. The van der Waals surface area contributed by atoms with Gasteiger partial charge in [-0.25, -0.2) is 4.79 Å². The highest BCUT2D eigenvalue weighted by Gasteiger charge is 2.14. The highest BCUT2D eigenvalue weighted by Crippen LogP contribution is 2.33. The molecule has 186 valence electrons. The third-order valence-corrected chi connectivity index (χ3v) is 6.46. The molecule has 0 aliphatic heterocycles. The van der Waals surface area contributed by atoms with Gasteiger partial charge in [0, 0.05) is 41.3 Å². The van der Waals surface area contributed by atoms with Crippen LogP contribution in [0.15, 0.2) is 72.9 Å². The molecule has 2 N–H and O–H groups in total. The topological polar surface area (TPSA) is 80.6 Å². The maximum Gasteiger partial charge on any atom is 0.335 e. The largest absolute Gasteiger partial charge is 0.497 e. The Morgan fingerprint density at radius 3 is 2.42 bits per heavy atom. The van der Waals surface area contributed by atoms with Gasteiger partial charge in [-0.2, -0.15) is 0 Å². The normalized spacial score (nSPS) is 11.1. The van der Waals surface area contributed by atoms with E-state index in [0.29, 0.717) is 24.6 Å². The van der Waals surface area contributed by atoms with E-state index >= 15 is 0 Å². The molecule has 0 unspecified atom stereocenters. The summed E-state index contributed by atoms with van der Waals surface area (Å²) in [5.41, 5.74) is 5.05. The van der Waals surface area contributed by atoms with Gasteiger partial charge in [-0.05, 0) is 66.3 Å². The molecule has 4 aromatic rings. The van der Waals surface area contributed by atoms with E-state index in [1.165, 1.54) is 5.56 Å². The number of hydrogen-bond acceptors (Lipinski definition) is 3. The molecule has 0 aliphatic carbocycles. The molecule has 3 aromatic carbocycles. The summed E-state index contributed by atoms with van der Waals surface area (Å²) >= 11 is 0. The molecule has 0 radical (unpaired) electrons. The van der Waals surface area contributed by atoms with Gasteiger partial charge < -0.3 is 19.7 Å². The Bertz CT molecular complexity index is 1370. The Labute approximate surface area is 211 Å². The van der Waals surface area contributed by atoms with Crippen LogP contribution < -0.4 is 10.1 Å². The van der Waals surface area contributed by atoms with Gasteiger partial charge in [0.15, 0.2) is 0 Å². The van der Waals surface area contributed by atoms with Crippen LogP contribution in [0.2, 0.25) is 0 Å². The summed E-state index contributed by atoms with van der Waals surface area (Å²) in [6, 6.07) is 20.8. The first-order valence-corrected chi connectivity index (χ1v) is 12.3. The summed E-state index contributed by atoms with van der Waals surface area (Å²) in [4.78, 5) is 24.0. The molecular weight excluding hydrogens is 452 g/mol. The van der Waals surface area contributed by atoms with Crippen molar-refractivity contribution in [1.82, 2.24) is 9.88 Å². The maximum atomic E-state index is 12.5. The van der Waals surface area contributed by atoms with Crippen molar-refractivity contribution >= 4 is 22.8 Å². The van der Waals surface area contributed by atoms with E-state index in [0.717, 1.165) is 40.6 Å². The molecule has 6 heteroatoms. The molecule has 0 saturated carbocycles. The van der Waals surface area contributed by atoms with E-state index in [4.69, 9.17) is 4.74 Å². The lowest BCUT2D eigenvalue weighted by Crippen LogP contribution is -2.24. The predicted molar refractivity (Wildman–Crippen MR) is 143 cm³/mol. The number of carbonyl (C=O) groups excluding carboxylic acids is 1. The van der Waals surface area contributed by atoms with Gasteiger partial charge in [-0.1, -0.05) is 44.2 Å². The number of aryl methyl sites for hydroxylation is 1. The highest BCUT2D eigenvalue weighted by atomic mass is 16.5. The van der Waals surface area contributed by atoms with Gasteiger partial charge in [-0.3, -0.25) is 4.79 Å². The van der Waals surface area contributed by atoms with Crippen molar-refractivity contribution in [3.63, 3.8) is 0 Å². The van der Waals surface area contributed by atoms with Crippen molar-refractivity contribution in [1.29, 1.82) is 0 Å². The Kier molecular flexibility index (Phi) is 7.74. The molecule has 1 amide bonds. The van der Waals surface area contributed by atoms with Crippen molar-refractivity contribution in [3.8, 4) is 16.9 Å². The van der Waals surface area contributed by atoms with Gasteiger partial charge >= 0.3 is 5.97 Å². The number of aromatic carboxylic acids is 1. The number of ether oxygens (including phenoxy) is 1. The van der Waals surface area contributed by atoms with Crippen LogP contribution in [0.25, 0.3) is 22.0 Å². The number of nitrogens with one attached hydrogen (secondary N) is 1. The number of methoxy groups -OCH3 is 1. The zero-order valence-electron chi connectivity index (χ0n) is 21.0. The first-order valence-electron chi connectivity index (χ1n) is 12.3. The van der Waals surface area contributed by atoms with Crippen molar-refractivity contribution in [2.24, 2.45) is 0 Å². The third-order valence-electron chi connectivity index (χ3n) is 6.46. The monoisotopic (exact) mass is 484 g/mol. The molecule has 0 bridgehead atoms. The van der Waals surface area contributed by atoms with E-state index in [9.17, 15) is 14.7 Å². The minimum atomic E-state index is -0.947. The van der Waals surface area contributed by atoms with Crippen LogP contribution in [-0.2, 0) is 6.54 Å². The summed E-state index contributed by atoms with van der Waals surface area (Å²) in [6.45, 7) is 5.55. The quantitative estimate of drug-likeness (QED) is 0.257. The number of carboxylic acids is 1. The number of carboxylic acid groups (broad SMARTS) is 1. The summed E-state index contributed by atoms with van der Waals surface area (Å²) in [5, 5.41) is 13.5. The number of amides is 1. The average Bonchev–Trinajstić information content (AvgIpc) is 3.26. The number of fused-ring (bicyclic) bond motifs is 1. The number of aromatic nitrogens is 1. The van der Waals surface area contributed by atoms with Crippen molar-refractivity contribution in [3.05, 3.63) is 89.6 Å². The van der Waals surface area contributed by atoms with Gasteiger partial charge in [0.25, 0.3) is 5.91 Å². The van der Waals surface area contributed by atoms with Crippen molar-refractivity contribution in [2.45, 2.75) is 39.2 Å². The third kappa shape index (κ3) is 5.60. The highest BCUT2D eigenvalue weighted by molar-refractivity contribution is 6.00. The van der Waals surface area contributed by atoms with Gasteiger partial charge in [0.2, 0.25) is 0 Å². The second kappa shape index (κ2) is 11.1. The summed E-state index contributed by atoms with van der Waals surface area (Å²) in [5.74, 6) is 0.188. The molecule has 0 spiro atoms. The molecule has 0 fully saturated rings. The van der Waals surface area contributed by atoms with E-state index in [2.05, 4.69) is 29.9 Å². The van der Waals surface area contributed by atoms with E-state index in [-0.39, 0.29) is 11.5 Å². The fraction of sp³-hybridized carbons (Fsp3) is 0.267. The zero-order chi connectivity index (χ0) is 25.7. The smallest absolute Gasteiger partial charge is 0.335 e. The second-order valence-electron chi connectivity index (χ2n) is 9.24. The standard InChI is InChI=1S/C30H32N2O4/c1-20(2)21-9-11-22(12-10-21)29(33)31-15-4-5-16-32-19-27(23-7-6-8-25(17-23)36-3)26-14-13-24(30(34)35)18-28(26)32/h6-14,17-20H,4-5,15-16H2,1-3H3,(H,31,33)(H,34,35). The van der Waals surface area contributed by atoms with E-state index in [1.807, 2.05) is 54.6 Å². The second-order valence-corrected chi connectivity index (χ2v) is 9.24. The summed E-state index contributed by atoms with van der Waals surface area (Å²) in [7, 11) is 1.64. The van der Waals surface area contributed by atoms with Gasteiger partial charge in [-0.15, -0.1) is 0 Å².